The number of rotatable bonds is 2. The van der Waals surface area contributed by atoms with E-state index in [9.17, 15) is 9.59 Å². The number of carbonyl (C=O) groups is 2. The van der Waals surface area contributed by atoms with Crippen LogP contribution in [-0.2, 0) is 9.59 Å². The summed E-state index contributed by atoms with van der Waals surface area (Å²) >= 11 is 1.98. The standard InChI is InChI=1S/C11H18N2O2S/c1-8-11(15)12-6-10(14)13(8)7-9-2-4-16-5-3-9/h8-9H,2-7H2,1H3,(H,12,15). The Bertz CT molecular complexity index is 290. The summed E-state index contributed by atoms with van der Waals surface area (Å²) in [5, 5.41) is 2.61. The molecule has 2 aliphatic rings. The van der Waals surface area contributed by atoms with E-state index in [1.807, 2.05) is 18.7 Å². The van der Waals surface area contributed by atoms with E-state index in [0.717, 1.165) is 6.54 Å². The highest BCUT2D eigenvalue weighted by Crippen LogP contribution is 2.24. The van der Waals surface area contributed by atoms with Crippen LogP contribution < -0.4 is 5.32 Å². The van der Waals surface area contributed by atoms with Crippen molar-refractivity contribution in [2.24, 2.45) is 5.92 Å². The molecule has 1 unspecified atom stereocenters. The molecule has 0 spiro atoms. The van der Waals surface area contributed by atoms with Gasteiger partial charge in [-0.15, -0.1) is 0 Å². The van der Waals surface area contributed by atoms with E-state index in [0.29, 0.717) is 5.92 Å². The number of thioether (sulfide) groups is 1. The number of amides is 2. The third-order valence-electron chi connectivity index (χ3n) is 3.38. The maximum absolute atomic E-state index is 11.7. The van der Waals surface area contributed by atoms with Gasteiger partial charge in [0.05, 0.1) is 6.54 Å². The fourth-order valence-corrected chi connectivity index (χ4v) is 3.44. The number of hydrogen-bond acceptors (Lipinski definition) is 3. The van der Waals surface area contributed by atoms with Crippen molar-refractivity contribution in [2.75, 3.05) is 24.6 Å². The van der Waals surface area contributed by atoms with Gasteiger partial charge in [-0.05, 0) is 37.2 Å². The van der Waals surface area contributed by atoms with Gasteiger partial charge in [-0.3, -0.25) is 9.59 Å². The van der Waals surface area contributed by atoms with Gasteiger partial charge in [-0.1, -0.05) is 0 Å². The lowest BCUT2D eigenvalue weighted by Gasteiger charge is -2.36. The first-order valence-electron chi connectivity index (χ1n) is 5.83. The van der Waals surface area contributed by atoms with Gasteiger partial charge in [0.1, 0.15) is 6.04 Å². The average Bonchev–Trinajstić information content (AvgIpc) is 2.31. The molecule has 0 radical (unpaired) electrons. The lowest BCUT2D eigenvalue weighted by Crippen LogP contribution is -2.58. The zero-order chi connectivity index (χ0) is 11.5. The van der Waals surface area contributed by atoms with E-state index in [-0.39, 0.29) is 24.4 Å². The predicted octanol–water partition coefficient (Wildman–Crippen LogP) is 0.476. The summed E-state index contributed by atoms with van der Waals surface area (Å²) in [5.41, 5.74) is 0. The molecule has 0 aromatic carbocycles. The minimum absolute atomic E-state index is 0.0233. The molecule has 0 aromatic rings. The smallest absolute Gasteiger partial charge is 0.242 e. The monoisotopic (exact) mass is 242 g/mol. The molecule has 90 valence electrons. The molecule has 2 aliphatic heterocycles. The third-order valence-corrected chi connectivity index (χ3v) is 4.43. The highest BCUT2D eigenvalue weighted by atomic mass is 32.2. The number of hydrogen-bond donors (Lipinski definition) is 1. The topological polar surface area (TPSA) is 49.4 Å². The second-order valence-electron chi connectivity index (χ2n) is 4.50. The lowest BCUT2D eigenvalue weighted by atomic mass is 10.0. The van der Waals surface area contributed by atoms with Gasteiger partial charge >= 0.3 is 0 Å². The van der Waals surface area contributed by atoms with Crippen molar-refractivity contribution in [1.29, 1.82) is 0 Å². The zero-order valence-electron chi connectivity index (χ0n) is 9.57. The van der Waals surface area contributed by atoms with E-state index in [1.54, 1.807) is 4.90 Å². The molecule has 2 heterocycles. The van der Waals surface area contributed by atoms with Crippen LogP contribution in [0.25, 0.3) is 0 Å². The summed E-state index contributed by atoms with van der Waals surface area (Å²) < 4.78 is 0. The van der Waals surface area contributed by atoms with Gasteiger partial charge in [0, 0.05) is 6.54 Å². The van der Waals surface area contributed by atoms with E-state index >= 15 is 0 Å². The first kappa shape index (κ1) is 11.8. The molecule has 2 saturated heterocycles. The lowest BCUT2D eigenvalue weighted by molar-refractivity contribution is -0.145. The van der Waals surface area contributed by atoms with Gasteiger partial charge in [0.15, 0.2) is 0 Å². The summed E-state index contributed by atoms with van der Waals surface area (Å²) in [7, 11) is 0. The second kappa shape index (κ2) is 5.08. The van der Waals surface area contributed by atoms with Crippen LogP contribution in [0.4, 0.5) is 0 Å². The van der Waals surface area contributed by atoms with Crippen LogP contribution in [0.5, 0.6) is 0 Å². The maximum Gasteiger partial charge on any atom is 0.242 e. The highest BCUT2D eigenvalue weighted by Gasteiger charge is 2.32. The SMILES string of the molecule is CC1C(=O)NCC(=O)N1CC1CCSCC1. The van der Waals surface area contributed by atoms with Crippen LogP contribution >= 0.6 is 11.8 Å². The Kier molecular flexibility index (Phi) is 3.74. The van der Waals surface area contributed by atoms with Crippen LogP contribution in [-0.4, -0.2) is 47.4 Å². The fourth-order valence-electron chi connectivity index (χ4n) is 2.24. The van der Waals surface area contributed by atoms with Crippen LogP contribution in [0, 0.1) is 5.92 Å². The Morgan fingerprint density at radius 1 is 1.38 bits per heavy atom. The number of nitrogens with one attached hydrogen (secondary N) is 1. The van der Waals surface area contributed by atoms with Crippen LogP contribution in [0.2, 0.25) is 0 Å². The normalized spacial score (nSPS) is 28.1. The highest BCUT2D eigenvalue weighted by molar-refractivity contribution is 7.99. The summed E-state index contributed by atoms with van der Waals surface area (Å²) in [6, 6.07) is -0.296. The number of piperazine rings is 1. The third kappa shape index (κ3) is 2.51. The molecule has 4 nitrogen and oxygen atoms in total. The average molecular weight is 242 g/mol. The number of nitrogens with zero attached hydrogens (tertiary/aromatic N) is 1. The summed E-state index contributed by atoms with van der Waals surface area (Å²) in [6.07, 6.45) is 2.34. The Labute approximate surface area is 100 Å². The molecule has 1 atom stereocenters. The molecule has 0 aliphatic carbocycles. The Balaban J connectivity index is 1.95. The number of carbonyl (C=O) groups excluding carboxylic acids is 2. The minimum atomic E-state index is -0.296. The van der Waals surface area contributed by atoms with Crippen molar-refractivity contribution in [2.45, 2.75) is 25.8 Å². The molecule has 5 heteroatoms. The molecule has 2 amide bonds. The molecule has 1 N–H and O–H groups in total. The van der Waals surface area contributed by atoms with Crippen LogP contribution in [0.15, 0.2) is 0 Å². The Morgan fingerprint density at radius 2 is 2.06 bits per heavy atom. The summed E-state index contributed by atoms with van der Waals surface area (Å²) in [4.78, 5) is 25.0. The van der Waals surface area contributed by atoms with Crippen molar-refractivity contribution in [3.63, 3.8) is 0 Å². The molecule has 16 heavy (non-hydrogen) atoms. The van der Waals surface area contributed by atoms with E-state index in [4.69, 9.17) is 0 Å². The molecular formula is C11H18N2O2S. The van der Waals surface area contributed by atoms with Crippen LogP contribution in [0.1, 0.15) is 19.8 Å². The van der Waals surface area contributed by atoms with Gasteiger partial charge in [0.2, 0.25) is 11.8 Å². The van der Waals surface area contributed by atoms with Crippen molar-refractivity contribution in [3.05, 3.63) is 0 Å². The van der Waals surface area contributed by atoms with E-state index < -0.39 is 0 Å². The molecule has 0 aromatic heterocycles. The Morgan fingerprint density at radius 3 is 2.75 bits per heavy atom. The predicted molar refractivity (Wildman–Crippen MR) is 64.2 cm³/mol. The quantitative estimate of drug-likeness (QED) is 0.766. The summed E-state index contributed by atoms with van der Waals surface area (Å²) in [6.45, 7) is 2.74. The first-order valence-corrected chi connectivity index (χ1v) is 6.99. The molecule has 2 fully saturated rings. The largest absolute Gasteiger partial charge is 0.345 e. The van der Waals surface area contributed by atoms with Crippen LogP contribution in [0.3, 0.4) is 0 Å². The molecular weight excluding hydrogens is 224 g/mol. The van der Waals surface area contributed by atoms with Gasteiger partial charge in [-0.2, -0.15) is 11.8 Å². The van der Waals surface area contributed by atoms with Gasteiger partial charge < -0.3 is 10.2 Å². The zero-order valence-corrected chi connectivity index (χ0v) is 10.4. The van der Waals surface area contributed by atoms with Crippen molar-refractivity contribution >= 4 is 23.6 Å². The van der Waals surface area contributed by atoms with Crippen molar-refractivity contribution in [3.8, 4) is 0 Å². The second-order valence-corrected chi connectivity index (χ2v) is 5.72. The fraction of sp³-hybridized carbons (Fsp3) is 0.818. The summed E-state index contributed by atoms with van der Waals surface area (Å²) in [5.74, 6) is 2.99. The first-order chi connectivity index (χ1) is 7.68. The molecule has 2 rings (SSSR count). The van der Waals surface area contributed by atoms with E-state index in [1.165, 1.54) is 24.3 Å². The van der Waals surface area contributed by atoms with E-state index in [2.05, 4.69) is 5.32 Å². The molecule has 0 saturated carbocycles. The van der Waals surface area contributed by atoms with Crippen molar-refractivity contribution < 1.29 is 9.59 Å². The van der Waals surface area contributed by atoms with Crippen molar-refractivity contribution in [1.82, 2.24) is 10.2 Å². The Hall–Kier alpha value is -0.710. The maximum atomic E-state index is 11.7. The molecule has 0 bridgehead atoms. The minimum Gasteiger partial charge on any atom is -0.345 e. The van der Waals surface area contributed by atoms with Gasteiger partial charge in [0.25, 0.3) is 0 Å². The van der Waals surface area contributed by atoms with Gasteiger partial charge in [-0.25, -0.2) is 0 Å².